The highest BCUT2D eigenvalue weighted by atomic mass is 32.2. The molecule has 1 heterocycles. The van der Waals surface area contributed by atoms with Crippen molar-refractivity contribution in [3.63, 3.8) is 0 Å². The maximum Gasteiger partial charge on any atom is 0.277 e. The first-order valence-electron chi connectivity index (χ1n) is 11.3. The van der Waals surface area contributed by atoms with E-state index >= 15 is 0 Å². The molecule has 4 aliphatic carbocycles. The van der Waals surface area contributed by atoms with E-state index in [2.05, 4.69) is 34.6 Å². The third-order valence-electron chi connectivity index (χ3n) is 7.45. The first-order valence-corrected chi connectivity index (χ1v) is 12.3. The van der Waals surface area contributed by atoms with E-state index in [1.807, 2.05) is 18.2 Å². The highest BCUT2D eigenvalue weighted by Crippen LogP contribution is 2.59. The number of nitrogens with zero attached hydrogens (tertiary/aromatic N) is 2. The Labute approximate surface area is 182 Å². The Bertz CT molecular complexity index is 846. The van der Waals surface area contributed by atoms with Crippen LogP contribution < -0.4 is 5.32 Å². The Kier molecular flexibility index (Phi) is 5.61. The Morgan fingerprint density at radius 3 is 2.47 bits per heavy atom. The first kappa shape index (κ1) is 20.1. The second-order valence-electron chi connectivity index (χ2n) is 9.96. The van der Waals surface area contributed by atoms with Crippen molar-refractivity contribution in [1.82, 2.24) is 15.5 Å². The van der Waals surface area contributed by atoms with E-state index in [9.17, 15) is 4.79 Å². The number of hydrogen-bond acceptors (Lipinski definition) is 5. The van der Waals surface area contributed by atoms with Crippen molar-refractivity contribution in [3.8, 4) is 0 Å². The van der Waals surface area contributed by atoms with E-state index in [0.29, 0.717) is 34.6 Å². The van der Waals surface area contributed by atoms with Crippen LogP contribution in [0.2, 0.25) is 0 Å². The number of carbonyl (C=O) groups excluding carboxylic acids is 1. The number of nitrogens with one attached hydrogen (secondary N) is 1. The van der Waals surface area contributed by atoms with Gasteiger partial charge in [0, 0.05) is 13.0 Å². The fourth-order valence-electron chi connectivity index (χ4n) is 6.51. The molecule has 4 fully saturated rings. The summed E-state index contributed by atoms with van der Waals surface area (Å²) in [5.41, 5.74) is 1.63. The molecule has 0 aliphatic heterocycles. The average Bonchev–Trinajstić information content (AvgIpc) is 3.18. The van der Waals surface area contributed by atoms with Gasteiger partial charge in [0.25, 0.3) is 5.22 Å². The lowest BCUT2D eigenvalue weighted by Crippen LogP contribution is -2.51. The molecule has 1 aromatic heterocycles. The maximum absolute atomic E-state index is 12.5. The van der Waals surface area contributed by atoms with Crippen LogP contribution in [0.4, 0.5) is 0 Å². The van der Waals surface area contributed by atoms with E-state index in [1.54, 1.807) is 0 Å². The van der Waals surface area contributed by atoms with Crippen molar-refractivity contribution in [1.29, 1.82) is 0 Å². The summed E-state index contributed by atoms with van der Waals surface area (Å²) in [6, 6.07) is 10.3. The largest absolute Gasteiger partial charge is 0.416 e. The van der Waals surface area contributed by atoms with Crippen LogP contribution in [-0.2, 0) is 11.2 Å². The average molecular weight is 426 g/mol. The summed E-state index contributed by atoms with van der Waals surface area (Å²) in [6.45, 7) is 3.00. The molecule has 0 saturated heterocycles. The van der Waals surface area contributed by atoms with Crippen LogP contribution in [0.1, 0.15) is 62.8 Å². The standard InChI is InChI=1S/C24H31N3O2S/c1-16(20-5-3-2-4-6-20)7-22-26-27-23(29-22)30-14-21(28)25-15-24-11-17-8-18(12-24)10-19(9-17)13-24/h2-6,16-19H,7-15H2,1H3,(H,25,28)/t16-,17?,18?,19?,24?/m0/s1. The topological polar surface area (TPSA) is 68.0 Å². The van der Waals surface area contributed by atoms with Crippen molar-refractivity contribution in [2.24, 2.45) is 23.2 Å². The number of aromatic nitrogens is 2. The molecule has 0 radical (unpaired) electrons. The third-order valence-corrected chi connectivity index (χ3v) is 8.27. The summed E-state index contributed by atoms with van der Waals surface area (Å²) < 4.78 is 5.77. The lowest BCUT2D eigenvalue weighted by atomic mass is 9.49. The lowest BCUT2D eigenvalue weighted by Gasteiger charge is -2.56. The SMILES string of the molecule is C[C@@H](Cc1nnc(SCC(=O)NCC23CC4CC(CC(C4)C2)C3)o1)c1ccccc1. The van der Waals surface area contributed by atoms with Crippen LogP contribution in [0.25, 0.3) is 0 Å². The zero-order valence-electron chi connectivity index (χ0n) is 17.7. The Balaban J connectivity index is 1.08. The number of benzene rings is 1. The summed E-state index contributed by atoms with van der Waals surface area (Å²) in [4.78, 5) is 12.5. The maximum atomic E-state index is 12.5. The normalized spacial score (nSPS) is 30.4. The molecule has 1 N–H and O–H groups in total. The summed E-state index contributed by atoms with van der Waals surface area (Å²) >= 11 is 1.34. The minimum Gasteiger partial charge on any atom is -0.416 e. The fraction of sp³-hybridized carbons (Fsp3) is 0.625. The second-order valence-corrected chi connectivity index (χ2v) is 10.9. The molecule has 160 valence electrons. The molecular weight excluding hydrogens is 394 g/mol. The highest BCUT2D eigenvalue weighted by molar-refractivity contribution is 7.99. The van der Waals surface area contributed by atoms with Gasteiger partial charge in [0.05, 0.1) is 5.75 Å². The van der Waals surface area contributed by atoms with Gasteiger partial charge in [-0.15, -0.1) is 10.2 Å². The minimum absolute atomic E-state index is 0.0770. The van der Waals surface area contributed by atoms with Gasteiger partial charge in [0.1, 0.15) is 0 Å². The van der Waals surface area contributed by atoms with Crippen LogP contribution in [0, 0.1) is 23.2 Å². The van der Waals surface area contributed by atoms with Crippen molar-refractivity contribution < 1.29 is 9.21 Å². The number of rotatable bonds is 8. The van der Waals surface area contributed by atoms with Gasteiger partial charge in [0.15, 0.2) is 0 Å². The Hall–Kier alpha value is -1.82. The Morgan fingerprint density at radius 2 is 1.80 bits per heavy atom. The molecule has 1 atom stereocenters. The smallest absolute Gasteiger partial charge is 0.277 e. The van der Waals surface area contributed by atoms with E-state index in [4.69, 9.17) is 4.42 Å². The molecule has 0 spiro atoms. The molecule has 4 saturated carbocycles. The monoisotopic (exact) mass is 425 g/mol. The van der Waals surface area contributed by atoms with Gasteiger partial charge in [0.2, 0.25) is 11.8 Å². The minimum atomic E-state index is 0.0770. The van der Waals surface area contributed by atoms with Gasteiger partial charge in [-0.1, -0.05) is 49.0 Å². The number of hydrogen-bond donors (Lipinski definition) is 1. The molecular formula is C24H31N3O2S. The second kappa shape index (κ2) is 8.37. The molecule has 2 aromatic rings. The van der Waals surface area contributed by atoms with Crippen LogP contribution in [0.3, 0.4) is 0 Å². The molecule has 0 unspecified atom stereocenters. The zero-order valence-corrected chi connectivity index (χ0v) is 18.5. The van der Waals surface area contributed by atoms with Gasteiger partial charge < -0.3 is 9.73 Å². The lowest BCUT2D eigenvalue weighted by molar-refractivity contribution is -0.120. The van der Waals surface area contributed by atoms with Gasteiger partial charge in [-0.05, 0) is 73.2 Å². The first-order chi connectivity index (χ1) is 14.6. The third kappa shape index (κ3) is 4.43. The predicted octanol–water partition coefficient (Wildman–Crippen LogP) is 4.84. The highest BCUT2D eigenvalue weighted by Gasteiger charge is 2.50. The Morgan fingerprint density at radius 1 is 1.13 bits per heavy atom. The van der Waals surface area contributed by atoms with Crippen LogP contribution in [-0.4, -0.2) is 28.4 Å². The number of carbonyl (C=O) groups is 1. The van der Waals surface area contributed by atoms with E-state index in [-0.39, 0.29) is 5.91 Å². The summed E-state index contributed by atoms with van der Waals surface area (Å²) in [7, 11) is 0. The van der Waals surface area contributed by atoms with Gasteiger partial charge in [-0.25, -0.2) is 0 Å². The molecule has 6 rings (SSSR count). The van der Waals surface area contributed by atoms with Crippen molar-refractivity contribution >= 4 is 17.7 Å². The predicted molar refractivity (Wildman–Crippen MR) is 117 cm³/mol. The van der Waals surface area contributed by atoms with Crippen molar-refractivity contribution in [2.45, 2.75) is 63.0 Å². The van der Waals surface area contributed by atoms with Gasteiger partial charge in [-0.3, -0.25) is 4.79 Å². The van der Waals surface area contributed by atoms with Crippen LogP contribution >= 0.6 is 11.8 Å². The molecule has 1 aromatic carbocycles. The fourth-order valence-corrected chi connectivity index (χ4v) is 7.12. The van der Waals surface area contributed by atoms with Crippen LogP contribution in [0.15, 0.2) is 40.0 Å². The van der Waals surface area contributed by atoms with Gasteiger partial charge in [-0.2, -0.15) is 0 Å². The van der Waals surface area contributed by atoms with Crippen LogP contribution in [0.5, 0.6) is 0 Å². The molecule has 5 nitrogen and oxygen atoms in total. The number of thioether (sulfide) groups is 1. The summed E-state index contributed by atoms with van der Waals surface area (Å²) in [5.74, 6) is 4.10. The van der Waals surface area contributed by atoms with Crippen molar-refractivity contribution in [3.05, 3.63) is 41.8 Å². The molecule has 30 heavy (non-hydrogen) atoms. The summed E-state index contributed by atoms with van der Waals surface area (Å²) in [5, 5.41) is 12.0. The molecule has 4 bridgehead atoms. The van der Waals surface area contributed by atoms with E-state index in [1.165, 1.54) is 55.9 Å². The summed E-state index contributed by atoms with van der Waals surface area (Å²) in [6.07, 6.45) is 8.97. The zero-order chi connectivity index (χ0) is 20.6. The van der Waals surface area contributed by atoms with E-state index < -0.39 is 0 Å². The molecule has 4 aliphatic rings. The number of amides is 1. The van der Waals surface area contributed by atoms with E-state index in [0.717, 1.165) is 24.3 Å². The van der Waals surface area contributed by atoms with Gasteiger partial charge >= 0.3 is 0 Å². The molecule has 1 amide bonds. The quantitative estimate of drug-likeness (QED) is 0.613. The molecule has 6 heteroatoms. The van der Waals surface area contributed by atoms with Crippen molar-refractivity contribution in [2.75, 3.05) is 12.3 Å².